The van der Waals surface area contributed by atoms with Crippen LogP contribution in [0.2, 0.25) is 0 Å². The van der Waals surface area contributed by atoms with Crippen molar-refractivity contribution in [2.75, 3.05) is 51.3 Å². The molecule has 4 aliphatic heterocycles. The lowest BCUT2D eigenvalue weighted by Gasteiger charge is -2.56. The summed E-state index contributed by atoms with van der Waals surface area (Å²) in [7, 11) is -2.62. The van der Waals surface area contributed by atoms with Crippen LogP contribution in [0, 0.1) is 11.3 Å². The molecule has 0 amide bonds. The molecular formula is C30H32N8O3. The summed E-state index contributed by atoms with van der Waals surface area (Å²) in [5.41, 5.74) is 3.05. The molecule has 0 saturated carbocycles. The molecule has 2 bridgehead atoms. The average Bonchev–Trinajstić information content (AvgIpc) is 3.46. The smallest absolute Gasteiger partial charge is 0.212 e. The predicted molar refractivity (Wildman–Crippen MR) is 152 cm³/mol. The van der Waals surface area contributed by atoms with Crippen LogP contribution in [0.1, 0.15) is 24.4 Å². The van der Waals surface area contributed by atoms with Crippen LogP contribution in [0.25, 0.3) is 16.6 Å². The molecule has 0 aliphatic carbocycles. The molecule has 4 aromatic rings. The third-order valence-corrected chi connectivity index (χ3v) is 7.82. The van der Waals surface area contributed by atoms with Crippen LogP contribution in [0.5, 0.6) is 11.6 Å². The summed E-state index contributed by atoms with van der Waals surface area (Å²) in [5, 5.41) is 17.4. The van der Waals surface area contributed by atoms with Crippen LogP contribution in [0.15, 0.2) is 55.1 Å². The van der Waals surface area contributed by atoms with Gasteiger partial charge < -0.3 is 24.4 Å². The lowest BCUT2D eigenvalue weighted by Crippen LogP contribution is -2.68. The standard InChI is InChI=1S/C30H32N8O3/c1-39-29-5-2-20(11-34-29)15-37-23-8-24(37)17-36(16-23)28-4-3-21(12-33-28)27-9-25(41-19-26-14-32-6-7-40-26)18-38-30(27)22(10-31)13-35-38/h2-5,9,11-13,18,23-24,26,32H,6-8,14-17,19H2,1H3/t23?,24?,26-/m1/s1/i1D3,15D2. The fourth-order valence-corrected chi connectivity index (χ4v) is 5.76. The number of ether oxygens (including phenoxy) is 3. The summed E-state index contributed by atoms with van der Waals surface area (Å²) in [4.78, 5) is 12.8. The molecule has 210 valence electrons. The fourth-order valence-electron chi connectivity index (χ4n) is 5.76. The summed E-state index contributed by atoms with van der Waals surface area (Å²) in [5.74, 6) is 1.31. The molecule has 4 fully saturated rings. The minimum absolute atomic E-state index is 0.0321. The van der Waals surface area contributed by atoms with Gasteiger partial charge in [-0.1, -0.05) is 6.07 Å². The molecule has 4 aromatic heterocycles. The van der Waals surface area contributed by atoms with Crippen molar-refractivity contribution in [1.82, 2.24) is 29.8 Å². The maximum Gasteiger partial charge on any atom is 0.212 e. The first-order valence-corrected chi connectivity index (χ1v) is 13.6. The highest BCUT2D eigenvalue weighted by Crippen LogP contribution is 2.36. The van der Waals surface area contributed by atoms with E-state index in [9.17, 15) is 5.26 Å². The quantitative estimate of drug-likeness (QED) is 0.347. The largest absolute Gasteiger partial charge is 0.489 e. The summed E-state index contributed by atoms with van der Waals surface area (Å²) >= 11 is 0. The van der Waals surface area contributed by atoms with E-state index < -0.39 is 13.5 Å². The highest BCUT2D eigenvalue weighted by molar-refractivity contribution is 5.85. The fraction of sp³-hybridized carbons (Fsp3) is 0.400. The van der Waals surface area contributed by atoms with E-state index in [0.29, 0.717) is 48.7 Å². The Balaban J connectivity index is 1.06. The Morgan fingerprint density at radius 1 is 1.20 bits per heavy atom. The number of pyridine rings is 3. The van der Waals surface area contributed by atoms with Gasteiger partial charge in [0.2, 0.25) is 5.88 Å². The van der Waals surface area contributed by atoms with Crippen LogP contribution in [0.3, 0.4) is 0 Å². The van der Waals surface area contributed by atoms with Crippen molar-refractivity contribution < 1.29 is 21.1 Å². The van der Waals surface area contributed by atoms with E-state index in [2.05, 4.69) is 26.4 Å². The van der Waals surface area contributed by atoms with Gasteiger partial charge in [-0.25, -0.2) is 14.5 Å². The van der Waals surface area contributed by atoms with Gasteiger partial charge in [0.25, 0.3) is 0 Å². The highest BCUT2D eigenvalue weighted by atomic mass is 16.5. The summed E-state index contributed by atoms with van der Waals surface area (Å²) in [6.07, 6.45) is 7.23. The van der Waals surface area contributed by atoms with Gasteiger partial charge in [0.15, 0.2) is 0 Å². The van der Waals surface area contributed by atoms with E-state index in [-0.39, 0.29) is 24.1 Å². The number of morpholine rings is 1. The number of piperazine rings is 1. The Bertz CT molecular complexity index is 1740. The van der Waals surface area contributed by atoms with Crippen molar-refractivity contribution in [3.05, 3.63) is 66.2 Å². The zero-order valence-corrected chi connectivity index (χ0v) is 22.2. The molecule has 8 rings (SSSR count). The Hall–Kier alpha value is -4.24. The molecule has 1 N–H and O–H groups in total. The van der Waals surface area contributed by atoms with Gasteiger partial charge in [-0.3, -0.25) is 4.90 Å². The zero-order chi connectivity index (χ0) is 32.1. The molecule has 3 atom stereocenters. The number of fused-ring (bicyclic) bond motifs is 3. The van der Waals surface area contributed by atoms with Gasteiger partial charge in [0.05, 0.1) is 41.2 Å². The molecule has 11 nitrogen and oxygen atoms in total. The third kappa shape index (κ3) is 5.06. The van der Waals surface area contributed by atoms with Gasteiger partial charge in [0, 0.05) is 77.1 Å². The number of hydrogen-bond donors (Lipinski definition) is 1. The molecule has 2 unspecified atom stereocenters. The lowest BCUT2D eigenvalue weighted by atomic mass is 9.87. The topological polar surface area (TPSA) is 113 Å². The number of hydrogen-bond acceptors (Lipinski definition) is 10. The molecule has 41 heavy (non-hydrogen) atoms. The van der Waals surface area contributed by atoms with Crippen molar-refractivity contribution >= 4 is 11.3 Å². The average molecular weight is 558 g/mol. The van der Waals surface area contributed by atoms with Crippen LogP contribution < -0.4 is 19.7 Å². The number of aromatic nitrogens is 4. The predicted octanol–water partition coefficient (Wildman–Crippen LogP) is 2.50. The van der Waals surface area contributed by atoms with Crippen molar-refractivity contribution in [1.29, 1.82) is 5.26 Å². The van der Waals surface area contributed by atoms with Gasteiger partial charge in [-0.2, -0.15) is 10.4 Å². The van der Waals surface area contributed by atoms with E-state index in [4.69, 9.17) is 26.0 Å². The molecular weight excluding hydrogens is 520 g/mol. The highest BCUT2D eigenvalue weighted by Gasteiger charge is 2.44. The molecule has 11 heteroatoms. The number of nitrogens with zero attached hydrogens (tertiary/aromatic N) is 7. The second kappa shape index (κ2) is 11.0. The van der Waals surface area contributed by atoms with E-state index in [0.717, 1.165) is 36.5 Å². The summed E-state index contributed by atoms with van der Waals surface area (Å²) in [6, 6.07) is 10.9. The molecule has 0 aromatic carbocycles. The maximum atomic E-state index is 9.75. The molecule has 0 radical (unpaired) electrons. The summed E-state index contributed by atoms with van der Waals surface area (Å²) < 4.78 is 57.8. The van der Waals surface area contributed by atoms with Gasteiger partial charge in [-0.05, 0) is 30.2 Å². The first-order chi connectivity index (χ1) is 22.1. The number of piperidine rings is 1. The third-order valence-electron chi connectivity index (χ3n) is 7.82. The van der Waals surface area contributed by atoms with E-state index in [1.54, 1.807) is 23.1 Å². The first kappa shape index (κ1) is 20.6. The lowest BCUT2D eigenvalue weighted by molar-refractivity contribution is -0.00876. The number of nitrogens with one attached hydrogen (secondary N) is 1. The number of rotatable bonds is 8. The minimum atomic E-state index is -2.62. The number of anilines is 1. The zero-order valence-electron chi connectivity index (χ0n) is 27.2. The van der Waals surface area contributed by atoms with Crippen LogP contribution >= 0.6 is 0 Å². The second-order valence-corrected chi connectivity index (χ2v) is 10.4. The van der Waals surface area contributed by atoms with E-state index >= 15 is 0 Å². The maximum absolute atomic E-state index is 9.75. The minimum Gasteiger partial charge on any atom is -0.489 e. The number of methoxy groups -OCH3 is 1. The first-order valence-electron chi connectivity index (χ1n) is 16.1. The Kier molecular flexibility index (Phi) is 5.51. The Morgan fingerprint density at radius 3 is 2.85 bits per heavy atom. The van der Waals surface area contributed by atoms with Crippen molar-refractivity contribution in [3.8, 4) is 28.8 Å². The van der Waals surface area contributed by atoms with Gasteiger partial charge >= 0.3 is 0 Å². The SMILES string of the molecule is [2H]C([2H])([2H])Oc1ccc(C([2H])([2H])N2C3CC2CN(c2ccc(-c4cc(OC[C@H]5CNCCO5)cn5ncc(C#N)c45)cn2)C3)cn1. The van der Waals surface area contributed by atoms with E-state index in [1.807, 2.05) is 23.1 Å². The van der Waals surface area contributed by atoms with E-state index in [1.165, 1.54) is 18.3 Å². The summed E-state index contributed by atoms with van der Waals surface area (Å²) in [6.45, 7) is 1.98. The Labute approximate surface area is 245 Å². The molecule has 0 spiro atoms. The van der Waals surface area contributed by atoms with Crippen LogP contribution in [0.4, 0.5) is 5.82 Å². The van der Waals surface area contributed by atoms with Crippen LogP contribution in [-0.2, 0) is 11.2 Å². The van der Waals surface area contributed by atoms with Gasteiger partial charge in [-0.15, -0.1) is 0 Å². The second-order valence-electron chi connectivity index (χ2n) is 10.4. The molecule has 4 saturated heterocycles. The van der Waals surface area contributed by atoms with Crippen molar-refractivity contribution in [3.63, 3.8) is 0 Å². The normalized spacial score (nSPS) is 24.7. The molecule has 8 heterocycles. The van der Waals surface area contributed by atoms with Crippen LogP contribution in [-0.4, -0.2) is 89.1 Å². The van der Waals surface area contributed by atoms with Crippen molar-refractivity contribution in [2.24, 2.45) is 0 Å². The number of nitriles is 1. The van der Waals surface area contributed by atoms with Crippen molar-refractivity contribution in [2.45, 2.75) is 31.1 Å². The monoisotopic (exact) mass is 557 g/mol. The Morgan fingerprint density at radius 2 is 2.12 bits per heavy atom. The van der Waals surface area contributed by atoms with Gasteiger partial charge in [0.1, 0.15) is 30.3 Å². The molecule has 4 aliphatic rings.